The lowest BCUT2D eigenvalue weighted by atomic mass is 10.0. The molecule has 2 rings (SSSR count). The summed E-state index contributed by atoms with van der Waals surface area (Å²) in [6.07, 6.45) is 0.973. The van der Waals surface area contributed by atoms with Crippen molar-refractivity contribution in [2.75, 3.05) is 32.8 Å². The quantitative estimate of drug-likeness (QED) is 0.823. The van der Waals surface area contributed by atoms with Gasteiger partial charge in [-0.05, 0) is 24.1 Å². The van der Waals surface area contributed by atoms with Crippen LogP contribution in [0.15, 0.2) is 24.3 Å². The molecule has 0 radical (unpaired) electrons. The summed E-state index contributed by atoms with van der Waals surface area (Å²) in [5, 5.41) is 0. The van der Waals surface area contributed by atoms with Gasteiger partial charge >= 0.3 is 0 Å². The smallest absolute Gasteiger partial charge is 0.0594 e. The number of rotatable bonds is 4. The van der Waals surface area contributed by atoms with E-state index in [-0.39, 0.29) is 0 Å². The van der Waals surface area contributed by atoms with E-state index in [0.717, 1.165) is 45.8 Å². The van der Waals surface area contributed by atoms with Crippen LogP contribution in [0.4, 0.5) is 0 Å². The molecule has 3 heteroatoms. The molecule has 0 aromatic heterocycles. The van der Waals surface area contributed by atoms with Crippen LogP contribution in [0.2, 0.25) is 0 Å². The van der Waals surface area contributed by atoms with Crippen molar-refractivity contribution in [2.24, 2.45) is 5.73 Å². The van der Waals surface area contributed by atoms with E-state index in [1.807, 2.05) is 0 Å². The molecule has 0 amide bonds. The van der Waals surface area contributed by atoms with Gasteiger partial charge in [0.15, 0.2) is 0 Å². The molecule has 0 unspecified atom stereocenters. The summed E-state index contributed by atoms with van der Waals surface area (Å²) in [6.45, 7) is 5.55. The van der Waals surface area contributed by atoms with Crippen molar-refractivity contribution in [1.29, 1.82) is 0 Å². The molecule has 1 aliphatic heterocycles. The van der Waals surface area contributed by atoms with Gasteiger partial charge in [0.2, 0.25) is 0 Å². The number of hydrogen-bond donors (Lipinski definition) is 1. The van der Waals surface area contributed by atoms with Crippen molar-refractivity contribution in [2.45, 2.75) is 13.0 Å². The third kappa shape index (κ3) is 3.04. The molecule has 1 heterocycles. The third-order valence-corrected chi connectivity index (χ3v) is 3.03. The molecular formula is C13H20N2O. The van der Waals surface area contributed by atoms with Gasteiger partial charge in [0, 0.05) is 19.6 Å². The van der Waals surface area contributed by atoms with Gasteiger partial charge in [0.25, 0.3) is 0 Å². The lowest BCUT2D eigenvalue weighted by Gasteiger charge is -2.27. The molecule has 0 bridgehead atoms. The Balaban J connectivity index is 2.01. The second-order valence-electron chi connectivity index (χ2n) is 4.20. The van der Waals surface area contributed by atoms with Crippen LogP contribution < -0.4 is 5.73 Å². The van der Waals surface area contributed by atoms with Gasteiger partial charge in [-0.2, -0.15) is 0 Å². The summed E-state index contributed by atoms with van der Waals surface area (Å²) in [6, 6.07) is 8.59. The van der Waals surface area contributed by atoms with Crippen LogP contribution in [0.5, 0.6) is 0 Å². The molecule has 88 valence electrons. The first kappa shape index (κ1) is 11.6. The average molecular weight is 220 g/mol. The molecule has 16 heavy (non-hydrogen) atoms. The topological polar surface area (TPSA) is 38.5 Å². The van der Waals surface area contributed by atoms with E-state index in [0.29, 0.717) is 0 Å². The molecule has 2 N–H and O–H groups in total. The van der Waals surface area contributed by atoms with Crippen LogP contribution in [-0.4, -0.2) is 37.7 Å². The minimum absolute atomic E-state index is 0.722. The van der Waals surface area contributed by atoms with Gasteiger partial charge in [-0.15, -0.1) is 0 Å². The Morgan fingerprint density at radius 2 is 1.81 bits per heavy atom. The first-order valence-electron chi connectivity index (χ1n) is 5.97. The molecule has 1 aromatic carbocycles. The maximum absolute atomic E-state index is 5.63. The fourth-order valence-electron chi connectivity index (χ4n) is 2.11. The Bertz CT molecular complexity index is 321. The van der Waals surface area contributed by atoms with Gasteiger partial charge in [-0.25, -0.2) is 0 Å². The first-order valence-corrected chi connectivity index (χ1v) is 5.97. The van der Waals surface area contributed by atoms with Crippen LogP contribution >= 0.6 is 0 Å². The highest BCUT2D eigenvalue weighted by Crippen LogP contribution is 2.13. The molecule has 1 fully saturated rings. The molecule has 3 nitrogen and oxygen atoms in total. The molecule has 1 aromatic rings. The Kier molecular flexibility index (Phi) is 4.34. The third-order valence-electron chi connectivity index (χ3n) is 3.03. The molecule has 0 atom stereocenters. The van der Waals surface area contributed by atoms with Crippen molar-refractivity contribution in [1.82, 2.24) is 4.90 Å². The van der Waals surface area contributed by atoms with Crippen LogP contribution in [0.1, 0.15) is 11.1 Å². The minimum atomic E-state index is 0.722. The second kappa shape index (κ2) is 5.99. The second-order valence-corrected chi connectivity index (χ2v) is 4.20. The Morgan fingerprint density at radius 3 is 2.50 bits per heavy atom. The van der Waals surface area contributed by atoms with Gasteiger partial charge in [0.1, 0.15) is 0 Å². The van der Waals surface area contributed by atoms with Gasteiger partial charge in [0.05, 0.1) is 13.2 Å². The summed E-state index contributed by atoms with van der Waals surface area (Å²) in [4.78, 5) is 2.44. The summed E-state index contributed by atoms with van der Waals surface area (Å²) in [5.41, 5.74) is 8.43. The van der Waals surface area contributed by atoms with Crippen molar-refractivity contribution in [3.8, 4) is 0 Å². The number of hydrogen-bond acceptors (Lipinski definition) is 3. The zero-order chi connectivity index (χ0) is 11.2. The zero-order valence-corrected chi connectivity index (χ0v) is 9.69. The maximum Gasteiger partial charge on any atom is 0.0594 e. The van der Waals surface area contributed by atoms with E-state index in [4.69, 9.17) is 10.5 Å². The van der Waals surface area contributed by atoms with Crippen LogP contribution in [0.25, 0.3) is 0 Å². The van der Waals surface area contributed by atoms with E-state index < -0.39 is 0 Å². The Hall–Kier alpha value is -0.900. The van der Waals surface area contributed by atoms with E-state index in [1.165, 1.54) is 11.1 Å². The van der Waals surface area contributed by atoms with Crippen LogP contribution in [0, 0.1) is 0 Å². The fraction of sp³-hybridized carbons (Fsp3) is 0.538. The number of nitrogens with two attached hydrogens (primary N) is 1. The summed E-state index contributed by atoms with van der Waals surface area (Å²) < 4.78 is 5.35. The monoisotopic (exact) mass is 220 g/mol. The fourth-order valence-corrected chi connectivity index (χ4v) is 2.11. The first-order chi connectivity index (χ1) is 7.90. The van der Waals surface area contributed by atoms with Crippen molar-refractivity contribution >= 4 is 0 Å². The highest BCUT2D eigenvalue weighted by Gasteiger charge is 2.12. The zero-order valence-electron chi connectivity index (χ0n) is 9.69. The molecular weight excluding hydrogens is 200 g/mol. The van der Waals surface area contributed by atoms with Crippen molar-refractivity contribution in [3.63, 3.8) is 0 Å². The van der Waals surface area contributed by atoms with Crippen molar-refractivity contribution in [3.05, 3.63) is 35.4 Å². The standard InChI is InChI=1S/C13H20N2O/c14-6-5-12-3-1-2-4-13(12)11-15-7-9-16-10-8-15/h1-4H,5-11,14H2. The van der Waals surface area contributed by atoms with Crippen molar-refractivity contribution < 1.29 is 4.74 Å². The van der Waals surface area contributed by atoms with Gasteiger partial charge in [-0.1, -0.05) is 24.3 Å². The number of benzene rings is 1. The highest BCUT2D eigenvalue weighted by molar-refractivity contribution is 5.27. The largest absolute Gasteiger partial charge is 0.379 e. The average Bonchev–Trinajstić information content (AvgIpc) is 2.33. The lowest BCUT2D eigenvalue weighted by Crippen LogP contribution is -2.35. The molecule has 0 aliphatic carbocycles. The summed E-state index contributed by atoms with van der Waals surface area (Å²) in [5.74, 6) is 0. The number of ether oxygens (including phenoxy) is 1. The van der Waals surface area contributed by atoms with Crippen LogP contribution in [0.3, 0.4) is 0 Å². The van der Waals surface area contributed by atoms with E-state index in [1.54, 1.807) is 0 Å². The summed E-state index contributed by atoms with van der Waals surface area (Å²) >= 11 is 0. The molecule has 1 aliphatic rings. The Morgan fingerprint density at radius 1 is 1.12 bits per heavy atom. The van der Waals surface area contributed by atoms with Gasteiger partial charge < -0.3 is 10.5 Å². The highest BCUT2D eigenvalue weighted by atomic mass is 16.5. The molecule has 0 saturated carbocycles. The van der Waals surface area contributed by atoms with Gasteiger partial charge in [-0.3, -0.25) is 4.90 Å². The predicted octanol–water partition coefficient (Wildman–Crippen LogP) is 1.02. The predicted molar refractivity (Wildman–Crippen MR) is 65.3 cm³/mol. The number of morpholine rings is 1. The van der Waals surface area contributed by atoms with Crippen LogP contribution in [-0.2, 0) is 17.7 Å². The lowest BCUT2D eigenvalue weighted by molar-refractivity contribution is 0.0341. The SMILES string of the molecule is NCCc1ccccc1CN1CCOCC1. The minimum Gasteiger partial charge on any atom is -0.379 e. The van der Waals surface area contributed by atoms with E-state index >= 15 is 0 Å². The molecule has 0 spiro atoms. The molecule has 1 saturated heterocycles. The number of nitrogens with zero attached hydrogens (tertiary/aromatic N) is 1. The summed E-state index contributed by atoms with van der Waals surface area (Å²) in [7, 11) is 0. The Labute approximate surface area is 97.2 Å². The van der Waals surface area contributed by atoms with E-state index in [9.17, 15) is 0 Å². The van der Waals surface area contributed by atoms with E-state index in [2.05, 4.69) is 29.2 Å². The normalized spacial score (nSPS) is 17.6. The maximum atomic E-state index is 5.63.